The molecule has 0 bridgehead atoms. The SMILES string of the molecule is NCc1cccc(OCCCN2CCN(CCO)CC2)c1. The van der Waals surface area contributed by atoms with Gasteiger partial charge in [0.1, 0.15) is 5.75 Å². The summed E-state index contributed by atoms with van der Waals surface area (Å²) in [6.07, 6.45) is 1.03. The average Bonchev–Trinajstić information content (AvgIpc) is 2.53. The van der Waals surface area contributed by atoms with Crippen LogP contribution in [0.5, 0.6) is 5.75 Å². The molecule has 3 N–H and O–H groups in total. The fraction of sp³-hybridized carbons (Fsp3) is 0.625. The molecule has 118 valence electrons. The highest BCUT2D eigenvalue weighted by Gasteiger charge is 2.15. The Morgan fingerprint density at radius 2 is 1.81 bits per heavy atom. The maximum atomic E-state index is 8.92. The Kier molecular flexibility index (Phi) is 6.95. The number of aliphatic hydroxyl groups excluding tert-OH is 1. The zero-order valence-electron chi connectivity index (χ0n) is 12.7. The lowest BCUT2D eigenvalue weighted by atomic mass is 10.2. The second-order valence-corrected chi connectivity index (χ2v) is 5.46. The summed E-state index contributed by atoms with van der Waals surface area (Å²) >= 11 is 0. The summed E-state index contributed by atoms with van der Waals surface area (Å²) in [5, 5.41) is 8.92. The highest BCUT2D eigenvalue weighted by atomic mass is 16.5. The summed E-state index contributed by atoms with van der Waals surface area (Å²) in [5.41, 5.74) is 6.73. The number of piperazine rings is 1. The van der Waals surface area contributed by atoms with Gasteiger partial charge >= 0.3 is 0 Å². The first kappa shape index (κ1) is 16.2. The van der Waals surface area contributed by atoms with E-state index in [0.717, 1.165) is 63.6 Å². The van der Waals surface area contributed by atoms with Crippen LogP contribution in [0.3, 0.4) is 0 Å². The van der Waals surface area contributed by atoms with E-state index >= 15 is 0 Å². The Morgan fingerprint density at radius 1 is 1.10 bits per heavy atom. The molecule has 1 saturated heterocycles. The molecule has 0 aromatic heterocycles. The van der Waals surface area contributed by atoms with Gasteiger partial charge in [-0.3, -0.25) is 4.90 Å². The van der Waals surface area contributed by atoms with E-state index in [1.54, 1.807) is 0 Å². The van der Waals surface area contributed by atoms with E-state index in [-0.39, 0.29) is 6.61 Å². The molecule has 2 rings (SSSR count). The second kappa shape index (κ2) is 9.00. The molecule has 0 radical (unpaired) electrons. The van der Waals surface area contributed by atoms with E-state index in [0.29, 0.717) is 6.54 Å². The molecule has 21 heavy (non-hydrogen) atoms. The van der Waals surface area contributed by atoms with Crippen molar-refractivity contribution in [2.45, 2.75) is 13.0 Å². The molecule has 1 aromatic rings. The van der Waals surface area contributed by atoms with E-state index in [1.165, 1.54) is 0 Å². The van der Waals surface area contributed by atoms with Crippen LogP contribution in [0.25, 0.3) is 0 Å². The molecule has 1 fully saturated rings. The van der Waals surface area contributed by atoms with Crippen LogP contribution in [0.4, 0.5) is 0 Å². The van der Waals surface area contributed by atoms with Crippen LogP contribution in [0.1, 0.15) is 12.0 Å². The van der Waals surface area contributed by atoms with Crippen molar-refractivity contribution >= 4 is 0 Å². The van der Waals surface area contributed by atoms with Crippen LogP contribution in [0, 0.1) is 0 Å². The Balaban J connectivity index is 1.60. The van der Waals surface area contributed by atoms with Crippen molar-refractivity contribution in [1.82, 2.24) is 9.80 Å². The maximum Gasteiger partial charge on any atom is 0.119 e. The number of rotatable bonds is 8. The van der Waals surface area contributed by atoms with Crippen LogP contribution in [-0.4, -0.2) is 67.4 Å². The topological polar surface area (TPSA) is 62.0 Å². The summed E-state index contributed by atoms with van der Waals surface area (Å²) in [5.74, 6) is 0.908. The zero-order valence-corrected chi connectivity index (χ0v) is 12.7. The summed E-state index contributed by atoms with van der Waals surface area (Å²) in [6, 6.07) is 7.98. The molecule has 1 aromatic carbocycles. The quantitative estimate of drug-likeness (QED) is 0.685. The number of hydrogen-bond acceptors (Lipinski definition) is 5. The average molecular weight is 293 g/mol. The molecule has 1 aliphatic heterocycles. The fourth-order valence-electron chi connectivity index (χ4n) is 2.62. The number of hydrogen-bond donors (Lipinski definition) is 2. The van der Waals surface area contributed by atoms with Gasteiger partial charge in [0.05, 0.1) is 13.2 Å². The highest BCUT2D eigenvalue weighted by molar-refractivity contribution is 5.28. The largest absolute Gasteiger partial charge is 0.494 e. The van der Waals surface area contributed by atoms with Gasteiger partial charge in [-0.1, -0.05) is 12.1 Å². The monoisotopic (exact) mass is 293 g/mol. The van der Waals surface area contributed by atoms with Gasteiger partial charge in [0.2, 0.25) is 0 Å². The highest BCUT2D eigenvalue weighted by Crippen LogP contribution is 2.13. The van der Waals surface area contributed by atoms with Crippen molar-refractivity contribution in [2.75, 3.05) is 52.5 Å². The van der Waals surface area contributed by atoms with Gasteiger partial charge in [0, 0.05) is 45.8 Å². The van der Waals surface area contributed by atoms with E-state index in [4.69, 9.17) is 15.6 Å². The second-order valence-electron chi connectivity index (χ2n) is 5.46. The van der Waals surface area contributed by atoms with Crippen LogP contribution >= 0.6 is 0 Å². The predicted octanol–water partition coefficient (Wildman–Crippen LogP) is 0.524. The van der Waals surface area contributed by atoms with Crippen LogP contribution in [0.15, 0.2) is 24.3 Å². The number of benzene rings is 1. The lowest BCUT2D eigenvalue weighted by molar-refractivity contribution is 0.108. The van der Waals surface area contributed by atoms with Crippen molar-refractivity contribution in [3.8, 4) is 5.75 Å². The van der Waals surface area contributed by atoms with Gasteiger partial charge in [-0.15, -0.1) is 0 Å². The fourth-order valence-corrected chi connectivity index (χ4v) is 2.62. The third-order valence-corrected chi connectivity index (χ3v) is 3.90. The Labute approximate surface area is 127 Å². The number of aliphatic hydroxyl groups is 1. The van der Waals surface area contributed by atoms with E-state index in [9.17, 15) is 0 Å². The summed E-state index contributed by atoms with van der Waals surface area (Å²) in [4.78, 5) is 4.78. The first-order valence-corrected chi connectivity index (χ1v) is 7.79. The molecule has 5 heteroatoms. The molecular formula is C16H27N3O2. The number of ether oxygens (including phenoxy) is 1. The molecule has 0 saturated carbocycles. The van der Waals surface area contributed by atoms with Crippen molar-refractivity contribution < 1.29 is 9.84 Å². The van der Waals surface area contributed by atoms with Crippen LogP contribution in [0.2, 0.25) is 0 Å². The van der Waals surface area contributed by atoms with Gasteiger partial charge < -0.3 is 20.5 Å². The Morgan fingerprint density at radius 3 is 2.48 bits per heavy atom. The summed E-state index contributed by atoms with van der Waals surface area (Å²) < 4.78 is 5.77. The molecule has 1 heterocycles. The van der Waals surface area contributed by atoms with Gasteiger partial charge in [-0.2, -0.15) is 0 Å². The van der Waals surface area contributed by atoms with Crippen molar-refractivity contribution in [1.29, 1.82) is 0 Å². The maximum absolute atomic E-state index is 8.92. The minimum Gasteiger partial charge on any atom is -0.494 e. The molecule has 0 atom stereocenters. The van der Waals surface area contributed by atoms with Gasteiger partial charge in [-0.25, -0.2) is 0 Å². The third-order valence-electron chi connectivity index (χ3n) is 3.90. The first-order valence-electron chi connectivity index (χ1n) is 7.79. The molecule has 0 aliphatic carbocycles. The lowest BCUT2D eigenvalue weighted by Crippen LogP contribution is -2.47. The minimum atomic E-state index is 0.260. The Bertz CT molecular complexity index is 406. The smallest absolute Gasteiger partial charge is 0.119 e. The molecule has 0 spiro atoms. The molecule has 0 amide bonds. The van der Waals surface area contributed by atoms with Crippen molar-refractivity contribution in [2.24, 2.45) is 5.73 Å². The van der Waals surface area contributed by atoms with E-state index in [1.807, 2.05) is 24.3 Å². The first-order chi connectivity index (χ1) is 10.3. The molecule has 1 aliphatic rings. The normalized spacial score (nSPS) is 17.0. The molecule has 0 unspecified atom stereocenters. The Hall–Kier alpha value is -1.14. The number of β-amino-alcohol motifs (C(OH)–C–C–N with tert-alkyl or cyclic N) is 1. The van der Waals surface area contributed by atoms with Gasteiger partial charge in [-0.05, 0) is 24.1 Å². The summed E-state index contributed by atoms with van der Waals surface area (Å²) in [6.45, 7) is 7.71. The number of nitrogens with two attached hydrogens (primary N) is 1. The van der Waals surface area contributed by atoms with Crippen molar-refractivity contribution in [3.63, 3.8) is 0 Å². The predicted molar refractivity (Wildman–Crippen MR) is 84.4 cm³/mol. The standard InChI is InChI=1S/C16H27N3O2/c17-14-15-3-1-4-16(13-15)21-12-2-5-18-6-8-19(9-7-18)10-11-20/h1,3-4,13,20H,2,5-12,14,17H2. The van der Waals surface area contributed by atoms with E-state index in [2.05, 4.69) is 9.80 Å². The minimum absolute atomic E-state index is 0.260. The van der Waals surface area contributed by atoms with Crippen LogP contribution < -0.4 is 10.5 Å². The van der Waals surface area contributed by atoms with Gasteiger partial charge in [0.25, 0.3) is 0 Å². The molecular weight excluding hydrogens is 266 g/mol. The molecule has 5 nitrogen and oxygen atoms in total. The van der Waals surface area contributed by atoms with Crippen molar-refractivity contribution in [3.05, 3.63) is 29.8 Å². The van der Waals surface area contributed by atoms with Crippen LogP contribution in [-0.2, 0) is 6.54 Å². The van der Waals surface area contributed by atoms with Gasteiger partial charge in [0.15, 0.2) is 0 Å². The third kappa shape index (κ3) is 5.63. The summed E-state index contributed by atoms with van der Waals surface area (Å²) in [7, 11) is 0. The lowest BCUT2D eigenvalue weighted by Gasteiger charge is -2.34. The number of nitrogens with zero attached hydrogens (tertiary/aromatic N) is 2. The van der Waals surface area contributed by atoms with E-state index < -0.39 is 0 Å². The zero-order chi connectivity index (χ0) is 14.9.